The van der Waals surface area contributed by atoms with Crippen LogP contribution in [0.1, 0.15) is 21.5 Å². The summed E-state index contributed by atoms with van der Waals surface area (Å²) in [5.41, 5.74) is 1.38. The Labute approximate surface area is 177 Å². The molecule has 0 N–H and O–H groups in total. The van der Waals surface area contributed by atoms with Crippen molar-refractivity contribution in [3.8, 4) is 0 Å². The summed E-state index contributed by atoms with van der Waals surface area (Å²) in [5.74, 6) is -1.16. The molecule has 154 valence electrons. The molecule has 1 aromatic heterocycles. The first kappa shape index (κ1) is 20.3. The van der Waals surface area contributed by atoms with Crippen molar-refractivity contribution in [1.29, 1.82) is 0 Å². The van der Waals surface area contributed by atoms with E-state index in [4.69, 9.17) is 0 Å². The standard InChI is InChI=1S/C25H17F3N2O/c26-25(27,28)30(24(31)20-10-5-2-6-11-20)22-16-15-19(21-12-7-17-29-23(21)22)14-13-18-8-3-1-4-9-18/h1-17H. The van der Waals surface area contributed by atoms with Crippen LogP contribution in [0.5, 0.6) is 0 Å². The van der Waals surface area contributed by atoms with Crippen molar-refractivity contribution in [2.24, 2.45) is 0 Å². The summed E-state index contributed by atoms with van der Waals surface area (Å²) in [4.78, 5) is 16.8. The van der Waals surface area contributed by atoms with Gasteiger partial charge in [-0.2, -0.15) is 0 Å². The number of fused-ring (bicyclic) bond motifs is 1. The van der Waals surface area contributed by atoms with Gasteiger partial charge in [-0.05, 0) is 35.4 Å². The summed E-state index contributed by atoms with van der Waals surface area (Å²) >= 11 is 0. The van der Waals surface area contributed by atoms with Crippen molar-refractivity contribution < 1.29 is 18.0 Å². The Morgan fingerprint density at radius 2 is 1.48 bits per heavy atom. The number of hydrogen-bond acceptors (Lipinski definition) is 2. The highest BCUT2D eigenvalue weighted by Crippen LogP contribution is 2.36. The minimum absolute atomic E-state index is 0.0584. The topological polar surface area (TPSA) is 33.2 Å². The van der Waals surface area contributed by atoms with Crippen molar-refractivity contribution in [3.63, 3.8) is 0 Å². The van der Waals surface area contributed by atoms with Crippen molar-refractivity contribution >= 4 is 34.6 Å². The van der Waals surface area contributed by atoms with E-state index in [1.165, 1.54) is 36.5 Å². The SMILES string of the molecule is O=C(c1ccccc1)N(c1ccc(C=Cc2ccccc2)c2cccnc12)C(F)(F)F. The first-order valence-corrected chi connectivity index (χ1v) is 9.52. The molecule has 0 aliphatic rings. The molecule has 6 heteroatoms. The molecule has 31 heavy (non-hydrogen) atoms. The highest BCUT2D eigenvalue weighted by Gasteiger charge is 2.43. The zero-order chi connectivity index (χ0) is 21.8. The molecule has 0 radical (unpaired) electrons. The average Bonchev–Trinajstić information content (AvgIpc) is 2.79. The van der Waals surface area contributed by atoms with Gasteiger partial charge in [0.25, 0.3) is 5.91 Å². The number of rotatable bonds is 4. The third kappa shape index (κ3) is 4.33. The fourth-order valence-electron chi connectivity index (χ4n) is 3.33. The lowest BCUT2D eigenvalue weighted by Gasteiger charge is -2.26. The Morgan fingerprint density at radius 3 is 2.16 bits per heavy atom. The number of carbonyl (C=O) groups is 1. The summed E-state index contributed by atoms with van der Waals surface area (Å²) in [6, 6.07) is 23.2. The van der Waals surface area contributed by atoms with Crippen LogP contribution in [0.3, 0.4) is 0 Å². The molecule has 3 aromatic carbocycles. The lowest BCUT2D eigenvalue weighted by atomic mass is 10.0. The Morgan fingerprint density at radius 1 is 0.806 bits per heavy atom. The van der Waals surface area contributed by atoms with Crippen molar-refractivity contribution in [2.45, 2.75) is 6.30 Å². The number of nitrogens with zero attached hydrogens (tertiary/aromatic N) is 2. The molecule has 1 amide bonds. The number of pyridine rings is 1. The van der Waals surface area contributed by atoms with Crippen LogP contribution < -0.4 is 4.90 Å². The molecule has 0 saturated heterocycles. The van der Waals surface area contributed by atoms with Crippen LogP contribution in [0, 0.1) is 0 Å². The number of aromatic nitrogens is 1. The van der Waals surface area contributed by atoms with Gasteiger partial charge in [0, 0.05) is 17.1 Å². The summed E-state index contributed by atoms with van der Waals surface area (Å²) in [6.07, 6.45) is 0.189. The fraction of sp³-hybridized carbons (Fsp3) is 0.0400. The molecule has 0 bridgehead atoms. The summed E-state index contributed by atoms with van der Waals surface area (Å²) in [5, 5.41) is 0.516. The van der Waals surface area contributed by atoms with Crippen LogP contribution in [0.4, 0.5) is 18.9 Å². The highest BCUT2D eigenvalue weighted by atomic mass is 19.4. The molecule has 0 aliphatic heterocycles. The van der Waals surface area contributed by atoms with E-state index in [-0.39, 0.29) is 21.7 Å². The second-order valence-electron chi connectivity index (χ2n) is 6.79. The van der Waals surface area contributed by atoms with Crippen LogP contribution in [0.15, 0.2) is 91.1 Å². The van der Waals surface area contributed by atoms with Crippen molar-refractivity contribution in [3.05, 3.63) is 108 Å². The van der Waals surface area contributed by atoms with E-state index in [0.717, 1.165) is 5.56 Å². The molecule has 0 atom stereocenters. The second kappa shape index (κ2) is 8.44. The van der Waals surface area contributed by atoms with Gasteiger partial charge in [-0.3, -0.25) is 9.78 Å². The fourth-order valence-corrected chi connectivity index (χ4v) is 3.33. The third-order valence-corrected chi connectivity index (χ3v) is 4.76. The van der Waals surface area contributed by atoms with Crippen molar-refractivity contribution in [2.75, 3.05) is 4.90 Å². The Kier molecular flexibility index (Phi) is 5.54. The monoisotopic (exact) mass is 418 g/mol. The number of benzene rings is 3. The zero-order valence-corrected chi connectivity index (χ0v) is 16.3. The molecule has 1 heterocycles. The Bertz CT molecular complexity index is 1240. The zero-order valence-electron chi connectivity index (χ0n) is 16.3. The van der Waals surface area contributed by atoms with Crippen LogP contribution in [-0.4, -0.2) is 17.2 Å². The largest absolute Gasteiger partial charge is 0.491 e. The molecule has 0 spiro atoms. The van der Waals surface area contributed by atoms with Gasteiger partial charge in [0.2, 0.25) is 0 Å². The lowest BCUT2D eigenvalue weighted by molar-refractivity contribution is -0.122. The van der Waals surface area contributed by atoms with Gasteiger partial charge in [-0.1, -0.05) is 72.8 Å². The van der Waals surface area contributed by atoms with E-state index in [9.17, 15) is 18.0 Å². The molecule has 0 saturated carbocycles. The molecular weight excluding hydrogens is 401 g/mol. The summed E-state index contributed by atoms with van der Waals surface area (Å²) in [7, 11) is 0. The van der Waals surface area contributed by atoms with E-state index in [1.54, 1.807) is 24.3 Å². The van der Waals surface area contributed by atoms with Gasteiger partial charge in [-0.15, -0.1) is 13.2 Å². The maximum Gasteiger partial charge on any atom is 0.491 e. The van der Waals surface area contributed by atoms with Gasteiger partial charge in [0.05, 0.1) is 11.2 Å². The van der Waals surface area contributed by atoms with Crippen LogP contribution in [-0.2, 0) is 0 Å². The number of anilines is 1. The maximum absolute atomic E-state index is 14.0. The smallest absolute Gasteiger partial charge is 0.268 e. The highest BCUT2D eigenvalue weighted by molar-refractivity contribution is 6.11. The maximum atomic E-state index is 14.0. The van der Waals surface area contributed by atoms with Gasteiger partial charge < -0.3 is 0 Å². The minimum Gasteiger partial charge on any atom is -0.268 e. The van der Waals surface area contributed by atoms with E-state index in [1.807, 2.05) is 42.5 Å². The molecule has 4 aromatic rings. The van der Waals surface area contributed by atoms with Gasteiger partial charge in [-0.25, -0.2) is 4.90 Å². The minimum atomic E-state index is -4.92. The molecule has 0 aliphatic carbocycles. The van der Waals surface area contributed by atoms with E-state index in [0.29, 0.717) is 10.9 Å². The number of hydrogen-bond donors (Lipinski definition) is 0. The number of alkyl halides is 3. The van der Waals surface area contributed by atoms with Gasteiger partial charge in [0.15, 0.2) is 0 Å². The molecule has 0 unspecified atom stereocenters. The summed E-state index contributed by atoms with van der Waals surface area (Å²) < 4.78 is 42.0. The quantitative estimate of drug-likeness (QED) is 0.277. The molecule has 3 nitrogen and oxygen atoms in total. The van der Waals surface area contributed by atoms with E-state index in [2.05, 4.69) is 4.98 Å². The summed E-state index contributed by atoms with van der Waals surface area (Å²) in [6.45, 7) is 0. The van der Waals surface area contributed by atoms with Crippen LogP contribution in [0.2, 0.25) is 0 Å². The van der Waals surface area contributed by atoms with Gasteiger partial charge in [0.1, 0.15) is 0 Å². The Balaban J connectivity index is 1.83. The first-order chi connectivity index (χ1) is 14.9. The van der Waals surface area contributed by atoms with Crippen LogP contribution >= 0.6 is 0 Å². The first-order valence-electron chi connectivity index (χ1n) is 9.52. The predicted molar refractivity (Wildman–Crippen MR) is 116 cm³/mol. The predicted octanol–water partition coefficient (Wildman–Crippen LogP) is 6.57. The van der Waals surface area contributed by atoms with Crippen molar-refractivity contribution in [1.82, 2.24) is 4.98 Å². The normalized spacial score (nSPS) is 11.7. The average molecular weight is 418 g/mol. The van der Waals surface area contributed by atoms with Crippen LogP contribution in [0.25, 0.3) is 23.1 Å². The number of halogens is 3. The third-order valence-electron chi connectivity index (χ3n) is 4.76. The number of amides is 1. The number of carbonyl (C=O) groups excluding carboxylic acids is 1. The molecule has 4 rings (SSSR count). The molecular formula is C25H17F3N2O. The van der Waals surface area contributed by atoms with Gasteiger partial charge >= 0.3 is 6.30 Å². The Hall–Kier alpha value is -3.93. The lowest BCUT2D eigenvalue weighted by Crippen LogP contribution is -2.43. The van der Waals surface area contributed by atoms with E-state index < -0.39 is 12.2 Å². The molecule has 0 fully saturated rings. The second-order valence-corrected chi connectivity index (χ2v) is 6.79. The van der Waals surface area contributed by atoms with E-state index >= 15 is 0 Å².